The van der Waals surface area contributed by atoms with Crippen molar-refractivity contribution < 1.29 is 17.6 Å². The predicted octanol–water partition coefficient (Wildman–Crippen LogP) is 4.48. The third kappa shape index (κ3) is 4.07. The molecular weight excluding hydrogens is 443 g/mol. The minimum Gasteiger partial charge on any atom is -0.340 e. The van der Waals surface area contributed by atoms with Gasteiger partial charge in [-0.25, -0.2) is 17.8 Å². The van der Waals surface area contributed by atoms with Gasteiger partial charge in [-0.1, -0.05) is 30.3 Å². The smallest absolute Gasteiger partial charge is 0.262 e. The summed E-state index contributed by atoms with van der Waals surface area (Å²) in [5, 5.41) is 0. The zero-order valence-corrected chi connectivity index (χ0v) is 18.3. The second kappa shape index (κ2) is 8.32. The Kier molecular flexibility index (Phi) is 5.33. The largest absolute Gasteiger partial charge is 0.340 e. The average Bonchev–Trinajstić information content (AvgIpc) is 3.47. The van der Waals surface area contributed by atoms with Gasteiger partial charge in [0.25, 0.3) is 15.9 Å². The Morgan fingerprint density at radius 3 is 2.67 bits per heavy atom. The molecule has 2 N–H and O–H groups in total. The first kappa shape index (κ1) is 21.1. The van der Waals surface area contributed by atoms with Gasteiger partial charge in [-0.05, 0) is 55.3 Å². The first-order valence-corrected chi connectivity index (χ1v) is 12.0. The molecule has 0 saturated carbocycles. The van der Waals surface area contributed by atoms with E-state index < -0.39 is 15.8 Å². The summed E-state index contributed by atoms with van der Waals surface area (Å²) in [5.41, 5.74) is 1.83. The Hall–Kier alpha value is -3.72. The molecule has 1 amide bonds. The number of imidazole rings is 1. The third-order valence-electron chi connectivity index (χ3n) is 5.75. The molecule has 4 aromatic rings. The number of carbonyl (C=O) groups is 1. The highest BCUT2D eigenvalue weighted by Gasteiger charge is 2.33. The number of sulfonamides is 1. The maximum Gasteiger partial charge on any atom is 0.262 e. The number of rotatable bonds is 5. The highest BCUT2D eigenvalue weighted by Crippen LogP contribution is 2.33. The maximum absolute atomic E-state index is 13.9. The molecule has 1 aromatic heterocycles. The molecule has 1 saturated heterocycles. The number of para-hydroxylation sites is 3. The molecule has 5 rings (SSSR count). The number of anilines is 1. The van der Waals surface area contributed by atoms with Crippen LogP contribution in [0.2, 0.25) is 0 Å². The summed E-state index contributed by atoms with van der Waals surface area (Å²) in [6.07, 6.45) is 1.58. The van der Waals surface area contributed by atoms with Gasteiger partial charge in [0.2, 0.25) is 0 Å². The van der Waals surface area contributed by atoms with E-state index in [9.17, 15) is 17.6 Å². The lowest BCUT2D eigenvalue weighted by Crippen LogP contribution is -2.31. The average molecular weight is 465 g/mol. The molecule has 1 fully saturated rings. The lowest BCUT2D eigenvalue weighted by atomic mass is 10.1. The second-order valence-corrected chi connectivity index (χ2v) is 9.59. The molecule has 7 nitrogen and oxygen atoms in total. The molecular formula is C24H21FN4O3S. The van der Waals surface area contributed by atoms with Crippen molar-refractivity contribution in [3.8, 4) is 0 Å². The molecule has 33 heavy (non-hydrogen) atoms. The minimum atomic E-state index is -4.08. The standard InChI is InChI=1S/C24H21FN4O3S/c25-18-9-1-2-10-19(18)28-33(31,32)17-8-5-7-16(15-17)24(30)29-14-6-13-22(29)23-26-20-11-3-4-12-21(20)27-23/h1-5,7-12,15,22,28H,6,13-14H2,(H,26,27)/t22-/m0/s1. The quantitative estimate of drug-likeness (QED) is 0.455. The van der Waals surface area contributed by atoms with E-state index in [0.717, 1.165) is 23.9 Å². The molecule has 1 atom stereocenters. The van der Waals surface area contributed by atoms with Crippen molar-refractivity contribution >= 4 is 32.7 Å². The van der Waals surface area contributed by atoms with Gasteiger partial charge in [0.05, 0.1) is 27.7 Å². The molecule has 2 heterocycles. The van der Waals surface area contributed by atoms with Crippen molar-refractivity contribution in [1.82, 2.24) is 14.9 Å². The first-order chi connectivity index (χ1) is 15.9. The Morgan fingerprint density at radius 1 is 1.06 bits per heavy atom. The summed E-state index contributed by atoms with van der Waals surface area (Å²) >= 11 is 0. The summed E-state index contributed by atoms with van der Waals surface area (Å²) in [7, 11) is -4.08. The number of fused-ring (bicyclic) bond motifs is 1. The minimum absolute atomic E-state index is 0.115. The molecule has 3 aromatic carbocycles. The number of amides is 1. The van der Waals surface area contributed by atoms with E-state index >= 15 is 0 Å². The number of aromatic nitrogens is 2. The molecule has 1 aliphatic rings. The SMILES string of the molecule is O=C(c1cccc(S(=O)(=O)Nc2ccccc2F)c1)N1CCC[C@H]1c1nc2ccccc2[nH]1. The zero-order chi connectivity index (χ0) is 23.0. The van der Waals surface area contributed by atoms with Crippen molar-refractivity contribution in [2.24, 2.45) is 0 Å². The number of hydrogen-bond acceptors (Lipinski definition) is 4. The monoisotopic (exact) mass is 464 g/mol. The van der Waals surface area contributed by atoms with Crippen molar-refractivity contribution in [2.45, 2.75) is 23.8 Å². The van der Waals surface area contributed by atoms with Crippen LogP contribution in [0.25, 0.3) is 11.0 Å². The highest BCUT2D eigenvalue weighted by molar-refractivity contribution is 7.92. The molecule has 0 aliphatic carbocycles. The van der Waals surface area contributed by atoms with Crippen LogP contribution < -0.4 is 4.72 Å². The van der Waals surface area contributed by atoms with Crippen molar-refractivity contribution in [3.05, 3.63) is 90.0 Å². The molecule has 9 heteroatoms. The third-order valence-corrected chi connectivity index (χ3v) is 7.11. The van der Waals surface area contributed by atoms with Crippen LogP contribution in [-0.2, 0) is 10.0 Å². The van der Waals surface area contributed by atoms with Crippen molar-refractivity contribution in [3.63, 3.8) is 0 Å². The van der Waals surface area contributed by atoms with Crippen LogP contribution in [0.5, 0.6) is 0 Å². The zero-order valence-electron chi connectivity index (χ0n) is 17.5. The van der Waals surface area contributed by atoms with Gasteiger partial charge in [-0.3, -0.25) is 9.52 Å². The summed E-state index contributed by atoms with van der Waals surface area (Å²) in [5.74, 6) is -0.244. The van der Waals surface area contributed by atoms with Gasteiger partial charge in [-0.2, -0.15) is 0 Å². The van der Waals surface area contributed by atoms with Crippen molar-refractivity contribution in [1.29, 1.82) is 0 Å². The Bertz CT molecular complexity index is 1420. The van der Waals surface area contributed by atoms with Gasteiger partial charge in [0, 0.05) is 12.1 Å². The molecule has 0 spiro atoms. The number of H-pyrrole nitrogens is 1. The number of nitrogens with zero attached hydrogens (tertiary/aromatic N) is 2. The molecule has 0 radical (unpaired) electrons. The Morgan fingerprint density at radius 2 is 1.85 bits per heavy atom. The van der Waals surface area contributed by atoms with Gasteiger partial charge < -0.3 is 9.88 Å². The molecule has 0 bridgehead atoms. The molecule has 168 valence electrons. The summed E-state index contributed by atoms with van der Waals surface area (Å²) in [6, 6.07) is 18.8. The van der Waals surface area contributed by atoms with E-state index in [1.54, 1.807) is 11.0 Å². The van der Waals surface area contributed by atoms with E-state index in [2.05, 4.69) is 14.7 Å². The topological polar surface area (TPSA) is 95.2 Å². The lowest BCUT2D eigenvalue weighted by Gasteiger charge is -2.23. The van der Waals surface area contributed by atoms with E-state index in [4.69, 9.17) is 0 Å². The van der Waals surface area contributed by atoms with Crippen LogP contribution in [0, 0.1) is 5.82 Å². The number of nitrogens with one attached hydrogen (secondary N) is 2. The number of halogens is 1. The van der Waals surface area contributed by atoms with Gasteiger partial charge >= 0.3 is 0 Å². The summed E-state index contributed by atoms with van der Waals surface area (Å²) in [4.78, 5) is 22.9. The fraction of sp³-hybridized carbons (Fsp3) is 0.167. The predicted molar refractivity (Wildman–Crippen MR) is 123 cm³/mol. The first-order valence-electron chi connectivity index (χ1n) is 10.6. The molecule has 0 unspecified atom stereocenters. The van der Waals surface area contributed by atoms with Crippen LogP contribution in [0.1, 0.15) is 35.1 Å². The summed E-state index contributed by atoms with van der Waals surface area (Å²) in [6.45, 7) is 0.547. The van der Waals surface area contributed by atoms with Gasteiger partial charge in [0.1, 0.15) is 11.6 Å². The van der Waals surface area contributed by atoms with Crippen LogP contribution in [0.4, 0.5) is 10.1 Å². The fourth-order valence-electron chi connectivity index (χ4n) is 4.13. The number of likely N-dealkylation sites (tertiary alicyclic amines) is 1. The molecule has 1 aliphatic heterocycles. The normalized spacial score (nSPS) is 16.3. The van der Waals surface area contributed by atoms with Crippen LogP contribution >= 0.6 is 0 Å². The van der Waals surface area contributed by atoms with E-state index in [1.165, 1.54) is 42.5 Å². The number of carbonyl (C=O) groups excluding carboxylic acids is 1. The van der Waals surface area contributed by atoms with E-state index in [-0.39, 0.29) is 28.1 Å². The van der Waals surface area contributed by atoms with Crippen molar-refractivity contribution in [2.75, 3.05) is 11.3 Å². The Balaban J connectivity index is 1.42. The number of aromatic amines is 1. The van der Waals surface area contributed by atoms with Crippen LogP contribution in [0.15, 0.2) is 77.7 Å². The second-order valence-electron chi connectivity index (χ2n) is 7.91. The fourth-order valence-corrected chi connectivity index (χ4v) is 5.25. The lowest BCUT2D eigenvalue weighted by molar-refractivity contribution is 0.0730. The highest BCUT2D eigenvalue weighted by atomic mass is 32.2. The van der Waals surface area contributed by atoms with E-state index in [0.29, 0.717) is 12.4 Å². The number of benzene rings is 3. The van der Waals surface area contributed by atoms with Crippen LogP contribution in [-0.4, -0.2) is 35.7 Å². The van der Waals surface area contributed by atoms with Gasteiger partial charge in [0.15, 0.2) is 0 Å². The summed E-state index contributed by atoms with van der Waals surface area (Å²) < 4.78 is 41.8. The maximum atomic E-state index is 13.9. The van der Waals surface area contributed by atoms with E-state index in [1.807, 2.05) is 24.3 Å². The number of hydrogen-bond donors (Lipinski definition) is 2. The van der Waals surface area contributed by atoms with Crippen LogP contribution in [0.3, 0.4) is 0 Å². The van der Waals surface area contributed by atoms with Gasteiger partial charge in [-0.15, -0.1) is 0 Å². The Labute approximate surface area is 190 Å².